The Labute approximate surface area is 206 Å². The van der Waals surface area contributed by atoms with Gasteiger partial charge in [-0.1, -0.05) is 22.0 Å². The molecule has 33 heavy (non-hydrogen) atoms. The van der Waals surface area contributed by atoms with Crippen LogP contribution in [0.25, 0.3) is 0 Å². The zero-order chi connectivity index (χ0) is 23.4. The first-order valence-corrected chi connectivity index (χ1v) is 12.4. The van der Waals surface area contributed by atoms with Crippen molar-refractivity contribution < 1.29 is 14.3 Å². The molecule has 1 N–H and O–H groups in total. The fourth-order valence-corrected chi connectivity index (χ4v) is 4.56. The third kappa shape index (κ3) is 5.75. The molecule has 1 aliphatic heterocycles. The number of carbonyl (C=O) groups excluding carboxylic acids is 2. The van der Waals surface area contributed by atoms with E-state index < -0.39 is 5.60 Å². The van der Waals surface area contributed by atoms with Crippen molar-refractivity contribution in [3.63, 3.8) is 0 Å². The summed E-state index contributed by atoms with van der Waals surface area (Å²) >= 11 is 4.88. The molecule has 1 aromatic heterocycles. The molecule has 0 unspecified atom stereocenters. The number of benzene rings is 2. The Morgan fingerprint density at radius 3 is 2.24 bits per heavy atom. The van der Waals surface area contributed by atoms with Gasteiger partial charge in [0.05, 0.1) is 4.88 Å². The Bertz CT molecular complexity index is 1090. The van der Waals surface area contributed by atoms with Gasteiger partial charge in [0, 0.05) is 42.0 Å². The second-order valence-corrected chi connectivity index (χ2v) is 10.2. The molecule has 2 amide bonds. The number of hydrogen-bond donors (Lipinski definition) is 1. The normalized spacial score (nSPS) is 14.2. The number of hydrogen-bond acceptors (Lipinski definition) is 5. The first-order valence-electron chi connectivity index (χ1n) is 10.8. The quantitative estimate of drug-likeness (QED) is 0.474. The van der Waals surface area contributed by atoms with Gasteiger partial charge in [-0.15, -0.1) is 11.3 Å². The molecule has 3 aromatic rings. The number of rotatable bonds is 6. The van der Waals surface area contributed by atoms with E-state index in [-0.39, 0.29) is 11.8 Å². The van der Waals surface area contributed by atoms with E-state index in [9.17, 15) is 9.59 Å². The topological polar surface area (TPSA) is 61.9 Å². The molecule has 172 valence electrons. The van der Waals surface area contributed by atoms with Gasteiger partial charge in [0.25, 0.3) is 11.8 Å². The SMILES string of the molecule is CC(C)(Oc1ccc(Br)cc1)C(=O)Nc1ccc(N2CCN(C(=O)c3cccs3)CC2)cc1. The Hall–Kier alpha value is -2.84. The molecule has 0 spiro atoms. The summed E-state index contributed by atoms with van der Waals surface area (Å²) in [5.41, 5.74) is 0.752. The third-order valence-electron chi connectivity index (χ3n) is 5.52. The van der Waals surface area contributed by atoms with Gasteiger partial charge in [0.15, 0.2) is 5.60 Å². The maximum atomic E-state index is 12.8. The second kappa shape index (κ2) is 9.97. The average molecular weight is 528 g/mol. The lowest BCUT2D eigenvalue weighted by molar-refractivity contribution is -0.128. The number of anilines is 2. The van der Waals surface area contributed by atoms with E-state index >= 15 is 0 Å². The molecule has 0 bridgehead atoms. The summed E-state index contributed by atoms with van der Waals surface area (Å²) in [6.45, 7) is 6.42. The summed E-state index contributed by atoms with van der Waals surface area (Å²) in [7, 11) is 0. The highest BCUT2D eigenvalue weighted by Gasteiger charge is 2.30. The summed E-state index contributed by atoms with van der Waals surface area (Å²) in [6.07, 6.45) is 0. The minimum atomic E-state index is -1.03. The fourth-order valence-electron chi connectivity index (χ4n) is 3.60. The van der Waals surface area contributed by atoms with Gasteiger partial charge in [0.1, 0.15) is 5.75 Å². The van der Waals surface area contributed by atoms with Crippen molar-refractivity contribution in [1.82, 2.24) is 4.90 Å². The first kappa shape index (κ1) is 23.3. The van der Waals surface area contributed by atoms with Crippen molar-refractivity contribution in [3.05, 3.63) is 75.4 Å². The molecule has 0 radical (unpaired) electrons. The molecule has 2 aromatic carbocycles. The predicted octanol–water partition coefficient (Wildman–Crippen LogP) is 5.27. The molecular formula is C25H26BrN3O3S. The molecule has 1 saturated heterocycles. The van der Waals surface area contributed by atoms with Gasteiger partial charge in [0.2, 0.25) is 0 Å². The summed E-state index contributed by atoms with van der Waals surface area (Å²) in [6, 6.07) is 18.9. The van der Waals surface area contributed by atoms with Crippen molar-refractivity contribution in [1.29, 1.82) is 0 Å². The van der Waals surface area contributed by atoms with Crippen LogP contribution in [-0.2, 0) is 4.79 Å². The van der Waals surface area contributed by atoms with E-state index in [4.69, 9.17) is 4.74 Å². The second-order valence-electron chi connectivity index (χ2n) is 8.32. The van der Waals surface area contributed by atoms with Crippen LogP contribution in [0.3, 0.4) is 0 Å². The van der Waals surface area contributed by atoms with Crippen LogP contribution in [-0.4, -0.2) is 48.5 Å². The maximum absolute atomic E-state index is 12.8. The highest BCUT2D eigenvalue weighted by Crippen LogP contribution is 2.24. The van der Waals surface area contributed by atoms with E-state index in [0.717, 1.165) is 28.1 Å². The Morgan fingerprint density at radius 2 is 1.64 bits per heavy atom. The Kier molecular flexibility index (Phi) is 7.05. The number of amides is 2. The lowest BCUT2D eigenvalue weighted by Crippen LogP contribution is -2.48. The first-order chi connectivity index (χ1) is 15.8. The molecule has 0 saturated carbocycles. The smallest absolute Gasteiger partial charge is 0.267 e. The lowest BCUT2D eigenvalue weighted by atomic mass is 10.1. The van der Waals surface area contributed by atoms with Crippen LogP contribution in [0.4, 0.5) is 11.4 Å². The molecule has 0 aliphatic carbocycles. The van der Waals surface area contributed by atoms with Crippen LogP contribution >= 0.6 is 27.3 Å². The number of nitrogens with zero attached hydrogens (tertiary/aromatic N) is 2. The standard InChI is InChI=1S/C25H26BrN3O3S/c1-25(2,32-21-11-5-18(26)6-12-21)24(31)27-19-7-9-20(10-8-19)28-13-15-29(16-14-28)23(30)22-4-3-17-33-22/h3-12,17H,13-16H2,1-2H3,(H,27,31). The predicted molar refractivity (Wildman–Crippen MR) is 136 cm³/mol. The van der Waals surface area contributed by atoms with Gasteiger partial charge < -0.3 is 19.9 Å². The number of halogens is 1. The molecule has 2 heterocycles. The number of piperazine rings is 1. The Morgan fingerprint density at radius 1 is 0.970 bits per heavy atom. The molecule has 8 heteroatoms. The highest BCUT2D eigenvalue weighted by molar-refractivity contribution is 9.10. The minimum absolute atomic E-state index is 0.107. The summed E-state index contributed by atoms with van der Waals surface area (Å²) in [4.78, 5) is 30.3. The molecule has 1 fully saturated rings. The van der Waals surface area contributed by atoms with Crippen molar-refractivity contribution in [3.8, 4) is 5.75 Å². The van der Waals surface area contributed by atoms with Crippen LogP contribution in [0.2, 0.25) is 0 Å². The van der Waals surface area contributed by atoms with Gasteiger partial charge in [-0.05, 0) is 73.8 Å². The van der Waals surface area contributed by atoms with E-state index in [1.807, 2.05) is 70.9 Å². The Balaban J connectivity index is 1.31. The van der Waals surface area contributed by atoms with Crippen LogP contribution in [0.5, 0.6) is 5.75 Å². The monoisotopic (exact) mass is 527 g/mol. The molecule has 6 nitrogen and oxygen atoms in total. The van der Waals surface area contributed by atoms with Gasteiger partial charge in [-0.25, -0.2) is 0 Å². The minimum Gasteiger partial charge on any atom is -0.478 e. The van der Waals surface area contributed by atoms with E-state index in [2.05, 4.69) is 26.1 Å². The summed E-state index contributed by atoms with van der Waals surface area (Å²) in [5, 5.41) is 4.87. The largest absolute Gasteiger partial charge is 0.478 e. The van der Waals surface area contributed by atoms with Gasteiger partial charge >= 0.3 is 0 Å². The molecule has 0 atom stereocenters. The van der Waals surface area contributed by atoms with Gasteiger partial charge in [-0.2, -0.15) is 0 Å². The van der Waals surface area contributed by atoms with Crippen LogP contribution in [0.1, 0.15) is 23.5 Å². The molecule has 1 aliphatic rings. The third-order valence-corrected chi connectivity index (χ3v) is 6.91. The van der Waals surface area contributed by atoms with Crippen LogP contribution in [0.15, 0.2) is 70.5 Å². The van der Waals surface area contributed by atoms with Crippen molar-refractivity contribution in [2.45, 2.75) is 19.4 Å². The number of carbonyl (C=O) groups is 2. The van der Waals surface area contributed by atoms with E-state index in [1.165, 1.54) is 11.3 Å². The molecular weight excluding hydrogens is 502 g/mol. The van der Waals surface area contributed by atoms with Crippen molar-refractivity contribution in [2.24, 2.45) is 0 Å². The van der Waals surface area contributed by atoms with Crippen LogP contribution < -0.4 is 15.0 Å². The van der Waals surface area contributed by atoms with E-state index in [0.29, 0.717) is 24.5 Å². The van der Waals surface area contributed by atoms with Crippen molar-refractivity contribution >= 4 is 50.5 Å². The van der Waals surface area contributed by atoms with Crippen molar-refractivity contribution in [2.75, 3.05) is 36.4 Å². The molecule has 4 rings (SSSR count). The fraction of sp³-hybridized carbons (Fsp3) is 0.280. The van der Waals surface area contributed by atoms with Crippen LogP contribution in [0, 0.1) is 0 Å². The van der Waals surface area contributed by atoms with E-state index in [1.54, 1.807) is 13.8 Å². The average Bonchev–Trinajstić information content (AvgIpc) is 3.36. The maximum Gasteiger partial charge on any atom is 0.267 e. The zero-order valence-electron chi connectivity index (χ0n) is 18.6. The number of thiophene rings is 1. The zero-order valence-corrected chi connectivity index (χ0v) is 21.0. The lowest BCUT2D eigenvalue weighted by Gasteiger charge is -2.36. The highest BCUT2D eigenvalue weighted by atomic mass is 79.9. The summed E-state index contributed by atoms with van der Waals surface area (Å²) in [5.74, 6) is 0.514. The summed E-state index contributed by atoms with van der Waals surface area (Å²) < 4.78 is 6.84. The number of ether oxygens (including phenoxy) is 1. The number of nitrogens with one attached hydrogen (secondary N) is 1. The van der Waals surface area contributed by atoms with Gasteiger partial charge in [-0.3, -0.25) is 9.59 Å².